The summed E-state index contributed by atoms with van der Waals surface area (Å²) in [6.07, 6.45) is 4.54. The van der Waals surface area contributed by atoms with Crippen LogP contribution in [-0.4, -0.2) is 32.6 Å². The number of hydrogen-bond donors (Lipinski definition) is 1. The van der Waals surface area contributed by atoms with Crippen LogP contribution in [0.2, 0.25) is 0 Å². The van der Waals surface area contributed by atoms with Crippen LogP contribution in [-0.2, 0) is 13.1 Å². The van der Waals surface area contributed by atoms with Gasteiger partial charge in [-0.2, -0.15) is 0 Å². The molecule has 0 aliphatic carbocycles. The van der Waals surface area contributed by atoms with Crippen LogP contribution >= 0.6 is 0 Å². The van der Waals surface area contributed by atoms with E-state index in [1.54, 1.807) is 12.3 Å². The quantitative estimate of drug-likeness (QED) is 0.937. The molecule has 1 saturated heterocycles. The number of aromatic hydroxyl groups is 1. The normalized spacial score (nSPS) is 21.8. The first-order valence-corrected chi connectivity index (χ1v) is 8.56. The summed E-state index contributed by atoms with van der Waals surface area (Å²) in [4.78, 5) is 18.7. The molecule has 0 aromatic carbocycles. The van der Waals surface area contributed by atoms with E-state index in [0.717, 1.165) is 31.0 Å². The van der Waals surface area contributed by atoms with Crippen molar-refractivity contribution >= 4 is 0 Å². The van der Waals surface area contributed by atoms with Crippen LogP contribution in [0, 0.1) is 11.8 Å². The van der Waals surface area contributed by atoms with Crippen LogP contribution < -0.4 is 5.43 Å². The van der Waals surface area contributed by atoms with Crippen molar-refractivity contribution in [2.75, 3.05) is 13.1 Å². The van der Waals surface area contributed by atoms with E-state index >= 15 is 0 Å². The first-order chi connectivity index (χ1) is 11.5. The zero-order valence-corrected chi connectivity index (χ0v) is 14.4. The second-order valence-corrected chi connectivity index (χ2v) is 7.10. The molecule has 0 bridgehead atoms. The molecule has 5 nitrogen and oxygen atoms in total. The zero-order valence-electron chi connectivity index (χ0n) is 14.4. The lowest BCUT2D eigenvalue weighted by Gasteiger charge is -2.35. The van der Waals surface area contributed by atoms with Gasteiger partial charge in [0.05, 0.1) is 18.4 Å². The van der Waals surface area contributed by atoms with Gasteiger partial charge in [-0.15, -0.1) is 0 Å². The second kappa shape index (κ2) is 7.18. The van der Waals surface area contributed by atoms with Gasteiger partial charge in [0.25, 0.3) is 0 Å². The number of piperidine rings is 1. The molecule has 2 aromatic rings. The van der Waals surface area contributed by atoms with Gasteiger partial charge in [0, 0.05) is 37.6 Å². The molecule has 2 aromatic heterocycles. The number of hydrogen-bond acceptors (Lipinski definition) is 4. The standard InChI is InChI=1S/C19H25N3O2/c1-14-7-15(2)10-21(9-14)12-17-8-18(23)19(24)13-22(17)11-16-5-3-4-6-20-16/h3-6,8,13-15,24H,7,9-12H2,1-2H3. The highest BCUT2D eigenvalue weighted by molar-refractivity contribution is 5.21. The molecule has 1 N–H and O–H groups in total. The Morgan fingerprint density at radius 3 is 2.62 bits per heavy atom. The minimum atomic E-state index is -0.319. The highest BCUT2D eigenvalue weighted by atomic mass is 16.3. The summed E-state index contributed by atoms with van der Waals surface area (Å²) in [6, 6.07) is 7.33. The van der Waals surface area contributed by atoms with Crippen molar-refractivity contribution in [1.29, 1.82) is 0 Å². The number of rotatable bonds is 4. The number of pyridine rings is 2. The minimum Gasteiger partial charge on any atom is -0.503 e. The Kier molecular flexibility index (Phi) is 5.00. The molecule has 1 aliphatic heterocycles. The van der Waals surface area contributed by atoms with Gasteiger partial charge in [-0.1, -0.05) is 19.9 Å². The highest BCUT2D eigenvalue weighted by Crippen LogP contribution is 2.22. The molecule has 3 rings (SSSR count). The number of aromatic nitrogens is 2. The Morgan fingerprint density at radius 2 is 1.96 bits per heavy atom. The van der Waals surface area contributed by atoms with Crippen molar-refractivity contribution in [2.24, 2.45) is 11.8 Å². The lowest BCUT2D eigenvalue weighted by Crippen LogP contribution is -2.39. The van der Waals surface area contributed by atoms with E-state index in [9.17, 15) is 9.90 Å². The van der Waals surface area contributed by atoms with Crippen LogP contribution in [0.3, 0.4) is 0 Å². The first-order valence-electron chi connectivity index (χ1n) is 8.56. The predicted molar refractivity (Wildman–Crippen MR) is 93.9 cm³/mol. The Balaban J connectivity index is 1.86. The molecule has 0 spiro atoms. The fourth-order valence-electron chi connectivity index (χ4n) is 3.70. The summed E-state index contributed by atoms with van der Waals surface area (Å²) >= 11 is 0. The van der Waals surface area contributed by atoms with E-state index in [2.05, 4.69) is 23.7 Å². The van der Waals surface area contributed by atoms with Crippen molar-refractivity contribution in [3.8, 4) is 5.75 Å². The summed E-state index contributed by atoms with van der Waals surface area (Å²) in [5.74, 6) is 1.12. The summed E-state index contributed by atoms with van der Waals surface area (Å²) in [7, 11) is 0. The maximum absolute atomic E-state index is 11.9. The molecule has 24 heavy (non-hydrogen) atoms. The second-order valence-electron chi connectivity index (χ2n) is 7.10. The van der Waals surface area contributed by atoms with E-state index < -0.39 is 0 Å². The molecule has 2 atom stereocenters. The lowest BCUT2D eigenvalue weighted by molar-refractivity contribution is 0.131. The maximum atomic E-state index is 11.9. The fourth-order valence-corrected chi connectivity index (χ4v) is 3.70. The van der Waals surface area contributed by atoms with Crippen LogP contribution in [0.1, 0.15) is 31.7 Å². The molecule has 2 unspecified atom stereocenters. The molecule has 5 heteroatoms. The summed E-state index contributed by atoms with van der Waals surface area (Å²) in [5.41, 5.74) is 1.51. The molecule has 0 saturated carbocycles. The van der Waals surface area contributed by atoms with Crippen molar-refractivity contribution in [3.05, 3.63) is 58.3 Å². The van der Waals surface area contributed by atoms with Crippen molar-refractivity contribution < 1.29 is 5.11 Å². The van der Waals surface area contributed by atoms with Crippen LogP contribution in [0.15, 0.2) is 41.5 Å². The Bertz CT molecular complexity index is 732. The predicted octanol–water partition coefficient (Wildman–Crippen LogP) is 2.48. The van der Waals surface area contributed by atoms with Crippen molar-refractivity contribution in [2.45, 2.75) is 33.4 Å². The molecule has 0 radical (unpaired) electrons. The third kappa shape index (κ3) is 4.03. The van der Waals surface area contributed by atoms with Crippen LogP contribution in [0.25, 0.3) is 0 Å². The van der Waals surface area contributed by atoms with Crippen molar-refractivity contribution in [3.63, 3.8) is 0 Å². The molecule has 1 aliphatic rings. The first kappa shape index (κ1) is 16.7. The maximum Gasteiger partial charge on any atom is 0.223 e. The highest BCUT2D eigenvalue weighted by Gasteiger charge is 2.22. The van der Waals surface area contributed by atoms with Gasteiger partial charge >= 0.3 is 0 Å². The third-order valence-corrected chi connectivity index (χ3v) is 4.59. The van der Waals surface area contributed by atoms with E-state index in [1.165, 1.54) is 12.6 Å². The van der Waals surface area contributed by atoms with Crippen LogP contribution in [0.4, 0.5) is 0 Å². The molecule has 0 amide bonds. The van der Waals surface area contributed by atoms with E-state index in [1.807, 2.05) is 22.8 Å². The number of likely N-dealkylation sites (tertiary alicyclic amines) is 1. The largest absolute Gasteiger partial charge is 0.503 e. The van der Waals surface area contributed by atoms with Gasteiger partial charge < -0.3 is 9.67 Å². The van der Waals surface area contributed by atoms with E-state index in [0.29, 0.717) is 18.4 Å². The SMILES string of the molecule is CC1CC(C)CN(Cc2cc(=O)c(O)cn2Cc2ccccn2)C1. The summed E-state index contributed by atoms with van der Waals surface area (Å²) in [6.45, 7) is 7.91. The lowest BCUT2D eigenvalue weighted by atomic mass is 9.92. The van der Waals surface area contributed by atoms with Crippen LogP contribution in [0.5, 0.6) is 5.75 Å². The minimum absolute atomic E-state index is 0.213. The summed E-state index contributed by atoms with van der Waals surface area (Å²) in [5, 5.41) is 9.83. The average molecular weight is 327 g/mol. The summed E-state index contributed by atoms with van der Waals surface area (Å²) < 4.78 is 1.93. The number of nitrogens with zero attached hydrogens (tertiary/aromatic N) is 3. The molecule has 128 valence electrons. The smallest absolute Gasteiger partial charge is 0.223 e. The molecule has 1 fully saturated rings. The Morgan fingerprint density at radius 1 is 1.21 bits per heavy atom. The van der Waals surface area contributed by atoms with Crippen molar-refractivity contribution in [1.82, 2.24) is 14.5 Å². The van der Waals surface area contributed by atoms with Gasteiger partial charge in [0.1, 0.15) is 0 Å². The molecular formula is C19H25N3O2. The zero-order chi connectivity index (χ0) is 17.1. The van der Waals surface area contributed by atoms with Gasteiger partial charge in [0.2, 0.25) is 5.43 Å². The molecule has 3 heterocycles. The Hall–Kier alpha value is -2.14. The Labute approximate surface area is 142 Å². The van der Waals surface area contributed by atoms with E-state index in [-0.39, 0.29) is 11.2 Å². The third-order valence-electron chi connectivity index (χ3n) is 4.59. The van der Waals surface area contributed by atoms with Gasteiger partial charge in [-0.25, -0.2) is 0 Å². The monoisotopic (exact) mass is 327 g/mol. The van der Waals surface area contributed by atoms with E-state index in [4.69, 9.17) is 0 Å². The fraction of sp³-hybridized carbons (Fsp3) is 0.474. The van der Waals surface area contributed by atoms with Gasteiger partial charge in [0.15, 0.2) is 5.75 Å². The van der Waals surface area contributed by atoms with Gasteiger partial charge in [-0.3, -0.25) is 14.7 Å². The van der Waals surface area contributed by atoms with Gasteiger partial charge in [-0.05, 0) is 30.4 Å². The average Bonchev–Trinajstić information content (AvgIpc) is 2.52. The topological polar surface area (TPSA) is 58.4 Å². The molecular weight excluding hydrogens is 302 g/mol.